The second-order valence-corrected chi connectivity index (χ2v) is 9.54. The van der Waals surface area contributed by atoms with Gasteiger partial charge in [0.25, 0.3) is 0 Å². The first-order valence-corrected chi connectivity index (χ1v) is 12.6. The van der Waals surface area contributed by atoms with Crippen LogP contribution in [0.4, 0.5) is 0 Å². The van der Waals surface area contributed by atoms with Crippen LogP contribution in [0.1, 0.15) is 37.5 Å². The van der Waals surface area contributed by atoms with Crippen molar-refractivity contribution in [1.29, 1.82) is 0 Å². The van der Waals surface area contributed by atoms with Crippen molar-refractivity contribution >= 4 is 5.97 Å². The maximum absolute atomic E-state index is 12.5. The van der Waals surface area contributed by atoms with Gasteiger partial charge in [0, 0.05) is 11.6 Å². The van der Waals surface area contributed by atoms with Crippen LogP contribution in [-0.2, 0) is 34.1 Å². The molecule has 0 spiro atoms. The van der Waals surface area contributed by atoms with Crippen LogP contribution in [0, 0.1) is 0 Å². The molecule has 3 aromatic carbocycles. The van der Waals surface area contributed by atoms with E-state index in [9.17, 15) is 4.79 Å². The fourth-order valence-electron chi connectivity index (χ4n) is 5.08. The van der Waals surface area contributed by atoms with Gasteiger partial charge in [0.2, 0.25) is 0 Å². The lowest BCUT2D eigenvalue weighted by molar-refractivity contribution is -0.206. The standard InChI is InChI=1S/C31H32O6/c1-4-33-27(32)20-25-26(35-29-28(25)36-30(2,3)37-29)21-34-31(22-14-8-5-9-15-22,23-16-10-6-11-17-23)24-18-12-7-13-19-24/h5-20,26,28-29H,4,21H2,1-3H3/b25-20+/t26-,28-,29-/m1/s1. The van der Waals surface area contributed by atoms with Crippen LogP contribution in [-0.4, -0.2) is 43.5 Å². The summed E-state index contributed by atoms with van der Waals surface area (Å²) in [5.41, 5.74) is 2.68. The van der Waals surface area contributed by atoms with Gasteiger partial charge in [0.05, 0.1) is 13.2 Å². The van der Waals surface area contributed by atoms with Crippen LogP contribution in [0.3, 0.4) is 0 Å². The van der Waals surface area contributed by atoms with Crippen LogP contribution in [0.25, 0.3) is 0 Å². The molecule has 3 atom stereocenters. The Kier molecular flexibility index (Phi) is 7.26. The molecule has 6 nitrogen and oxygen atoms in total. The van der Waals surface area contributed by atoms with Crippen molar-refractivity contribution in [3.05, 3.63) is 119 Å². The summed E-state index contributed by atoms with van der Waals surface area (Å²) in [5.74, 6) is -1.27. The lowest BCUT2D eigenvalue weighted by Crippen LogP contribution is -2.37. The fourth-order valence-corrected chi connectivity index (χ4v) is 5.08. The van der Waals surface area contributed by atoms with Gasteiger partial charge in [-0.3, -0.25) is 0 Å². The molecular formula is C31H32O6. The quantitative estimate of drug-likeness (QED) is 0.236. The van der Waals surface area contributed by atoms with Crippen molar-refractivity contribution in [2.45, 2.75) is 50.7 Å². The minimum atomic E-state index is -0.916. The van der Waals surface area contributed by atoms with Gasteiger partial charge in [0.1, 0.15) is 17.8 Å². The van der Waals surface area contributed by atoms with Gasteiger partial charge in [-0.15, -0.1) is 0 Å². The molecule has 0 radical (unpaired) electrons. The van der Waals surface area contributed by atoms with E-state index in [2.05, 4.69) is 36.4 Å². The molecular weight excluding hydrogens is 468 g/mol. The van der Waals surface area contributed by atoms with Gasteiger partial charge < -0.3 is 23.7 Å². The van der Waals surface area contributed by atoms with Gasteiger partial charge >= 0.3 is 5.97 Å². The number of carbonyl (C=O) groups is 1. The highest BCUT2D eigenvalue weighted by atomic mass is 16.8. The second kappa shape index (κ2) is 10.6. The zero-order valence-corrected chi connectivity index (χ0v) is 21.3. The minimum absolute atomic E-state index is 0.157. The molecule has 37 heavy (non-hydrogen) atoms. The fraction of sp³-hybridized carbons (Fsp3) is 0.323. The average Bonchev–Trinajstić information content (AvgIpc) is 3.38. The summed E-state index contributed by atoms with van der Waals surface area (Å²) in [6, 6.07) is 30.4. The Bertz CT molecular complexity index is 1130. The molecule has 6 heteroatoms. The number of hydrogen-bond acceptors (Lipinski definition) is 6. The van der Waals surface area contributed by atoms with Gasteiger partial charge in [0.15, 0.2) is 12.1 Å². The first kappa shape index (κ1) is 25.4. The summed E-state index contributed by atoms with van der Waals surface area (Å²) in [6.45, 7) is 5.86. The van der Waals surface area contributed by atoms with E-state index in [-0.39, 0.29) is 13.2 Å². The monoisotopic (exact) mass is 500 g/mol. The smallest absolute Gasteiger partial charge is 0.330 e. The number of esters is 1. The Labute approximate surface area is 217 Å². The number of fused-ring (bicyclic) bond motifs is 1. The van der Waals surface area contributed by atoms with E-state index in [1.807, 2.05) is 68.4 Å². The molecule has 0 bridgehead atoms. The van der Waals surface area contributed by atoms with Gasteiger partial charge in [-0.25, -0.2) is 4.79 Å². The third kappa shape index (κ3) is 5.11. The Morgan fingerprint density at radius 3 is 1.86 bits per heavy atom. The lowest BCUT2D eigenvalue weighted by atomic mass is 9.80. The summed E-state index contributed by atoms with van der Waals surface area (Å²) in [7, 11) is 0. The third-order valence-electron chi connectivity index (χ3n) is 6.62. The summed E-state index contributed by atoms with van der Waals surface area (Å²) >= 11 is 0. The number of ether oxygens (including phenoxy) is 5. The molecule has 0 amide bonds. The Balaban J connectivity index is 1.55. The molecule has 192 valence electrons. The molecule has 2 saturated heterocycles. The number of carbonyl (C=O) groups excluding carboxylic acids is 1. The van der Waals surface area contributed by atoms with Crippen LogP contribution >= 0.6 is 0 Å². The van der Waals surface area contributed by atoms with E-state index in [4.69, 9.17) is 23.7 Å². The average molecular weight is 501 g/mol. The number of rotatable bonds is 8. The maximum atomic E-state index is 12.5. The van der Waals surface area contributed by atoms with E-state index in [1.54, 1.807) is 6.92 Å². The zero-order valence-electron chi connectivity index (χ0n) is 21.3. The molecule has 2 heterocycles. The van der Waals surface area contributed by atoms with Gasteiger partial charge in [-0.2, -0.15) is 0 Å². The largest absolute Gasteiger partial charge is 0.463 e. The molecule has 2 aliphatic rings. The molecule has 2 fully saturated rings. The summed E-state index contributed by atoms with van der Waals surface area (Å²) < 4.78 is 30.5. The number of benzene rings is 3. The minimum Gasteiger partial charge on any atom is -0.463 e. The Morgan fingerprint density at radius 2 is 1.38 bits per heavy atom. The lowest BCUT2D eigenvalue weighted by Gasteiger charge is -2.37. The molecule has 2 aliphatic heterocycles. The van der Waals surface area contributed by atoms with E-state index in [0.29, 0.717) is 5.57 Å². The first-order valence-electron chi connectivity index (χ1n) is 12.6. The van der Waals surface area contributed by atoms with Crippen molar-refractivity contribution in [3.63, 3.8) is 0 Å². The first-order chi connectivity index (χ1) is 17.9. The highest BCUT2D eigenvalue weighted by molar-refractivity contribution is 5.83. The Hall–Kier alpha value is -3.29. The second-order valence-electron chi connectivity index (χ2n) is 9.54. The summed E-state index contributed by atoms with van der Waals surface area (Å²) in [4.78, 5) is 12.5. The Morgan fingerprint density at radius 1 is 0.865 bits per heavy atom. The maximum Gasteiger partial charge on any atom is 0.330 e. The SMILES string of the molecule is CCOC(=O)/C=C1/[C@H]2OC(C)(C)O[C@H]2O[C@@H]1COC(c1ccccc1)(c1ccccc1)c1ccccc1. The normalized spacial score (nSPS) is 23.6. The molecule has 0 unspecified atom stereocenters. The van der Waals surface area contributed by atoms with Crippen LogP contribution in [0.2, 0.25) is 0 Å². The van der Waals surface area contributed by atoms with Crippen molar-refractivity contribution in [3.8, 4) is 0 Å². The molecule has 5 rings (SSSR count). The number of hydrogen-bond donors (Lipinski definition) is 0. The molecule has 0 saturated carbocycles. The van der Waals surface area contributed by atoms with E-state index >= 15 is 0 Å². The highest BCUT2D eigenvalue weighted by Crippen LogP contribution is 2.44. The van der Waals surface area contributed by atoms with Crippen LogP contribution in [0.5, 0.6) is 0 Å². The summed E-state index contributed by atoms with van der Waals surface area (Å²) in [6.07, 6.45) is -0.259. The van der Waals surface area contributed by atoms with Crippen molar-refractivity contribution in [2.24, 2.45) is 0 Å². The van der Waals surface area contributed by atoms with Gasteiger partial charge in [-0.1, -0.05) is 91.0 Å². The highest BCUT2D eigenvalue weighted by Gasteiger charge is 2.52. The molecule has 0 aromatic heterocycles. The summed E-state index contributed by atoms with van der Waals surface area (Å²) in [5, 5.41) is 0. The zero-order chi connectivity index (χ0) is 25.9. The molecule has 0 aliphatic carbocycles. The third-order valence-corrected chi connectivity index (χ3v) is 6.62. The van der Waals surface area contributed by atoms with Crippen LogP contribution < -0.4 is 0 Å². The van der Waals surface area contributed by atoms with Crippen LogP contribution in [0.15, 0.2) is 103 Å². The van der Waals surface area contributed by atoms with Crippen molar-refractivity contribution < 1.29 is 28.5 Å². The van der Waals surface area contributed by atoms with Crippen molar-refractivity contribution in [2.75, 3.05) is 13.2 Å². The van der Waals surface area contributed by atoms with Gasteiger partial charge in [-0.05, 0) is 37.5 Å². The van der Waals surface area contributed by atoms with E-state index < -0.39 is 35.9 Å². The molecule has 0 N–H and O–H groups in total. The van der Waals surface area contributed by atoms with E-state index in [0.717, 1.165) is 16.7 Å². The predicted octanol–water partition coefficient (Wildman–Crippen LogP) is 5.36. The topological polar surface area (TPSA) is 63.2 Å². The van der Waals surface area contributed by atoms with E-state index in [1.165, 1.54) is 6.08 Å². The molecule has 3 aromatic rings. The van der Waals surface area contributed by atoms with Crippen molar-refractivity contribution in [1.82, 2.24) is 0 Å². The predicted molar refractivity (Wildman–Crippen MR) is 139 cm³/mol.